The Morgan fingerprint density at radius 2 is 2.00 bits per heavy atom. The smallest absolute Gasteiger partial charge is 0.244 e. The summed E-state index contributed by atoms with van der Waals surface area (Å²) in [6.45, 7) is 2.09. The molecule has 0 aliphatic carbocycles. The van der Waals surface area contributed by atoms with Crippen molar-refractivity contribution < 1.29 is 18.3 Å². The maximum Gasteiger partial charge on any atom is 0.244 e. The highest BCUT2D eigenvalue weighted by atomic mass is 32.2. The summed E-state index contributed by atoms with van der Waals surface area (Å²) < 4.78 is 33.5. The first-order valence-corrected chi connectivity index (χ1v) is 8.33. The molecule has 7 nitrogen and oxygen atoms in total. The summed E-state index contributed by atoms with van der Waals surface area (Å²) >= 11 is 0. The predicted molar refractivity (Wildman–Crippen MR) is 81.4 cm³/mol. The molecule has 0 atom stereocenters. The van der Waals surface area contributed by atoms with E-state index in [9.17, 15) is 8.42 Å². The van der Waals surface area contributed by atoms with Gasteiger partial charge in [-0.3, -0.25) is 0 Å². The molecule has 2 rings (SSSR count). The Kier molecular flexibility index (Phi) is 5.67. The fraction of sp³-hybridized carbons (Fsp3) is 0.357. The van der Waals surface area contributed by atoms with E-state index in [4.69, 9.17) is 9.84 Å². The minimum Gasteiger partial charge on any atom is -0.394 e. The van der Waals surface area contributed by atoms with E-state index in [0.29, 0.717) is 5.69 Å². The van der Waals surface area contributed by atoms with Crippen LogP contribution in [-0.4, -0.2) is 49.7 Å². The van der Waals surface area contributed by atoms with Crippen LogP contribution in [0.1, 0.15) is 5.69 Å². The maximum atomic E-state index is 12.3. The number of para-hydroxylation sites is 1. The van der Waals surface area contributed by atoms with Crippen molar-refractivity contribution in [2.24, 2.45) is 0 Å². The van der Waals surface area contributed by atoms with E-state index < -0.39 is 10.0 Å². The zero-order chi connectivity index (χ0) is 16.0. The molecule has 0 spiro atoms. The number of benzene rings is 1. The summed E-state index contributed by atoms with van der Waals surface area (Å²) in [7, 11) is -3.64. The summed E-state index contributed by atoms with van der Waals surface area (Å²) in [4.78, 5) is 0.138. The molecule has 1 heterocycles. The summed E-state index contributed by atoms with van der Waals surface area (Å²) in [6, 6.07) is 9.29. The second-order valence-corrected chi connectivity index (χ2v) is 6.33. The molecular weight excluding hydrogens is 306 g/mol. The number of ether oxygens (including phenoxy) is 1. The lowest BCUT2D eigenvalue weighted by molar-refractivity contribution is 0.0961. The minimum absolute atomic E-state index is 0.0876. The van der Waals surface area contributed by atoms with Gasteiger partial charge in [0.2, 0.25) is 10.0 Å². The van der Waals surface area contributed by atoms with Gasteiger partial charge in [-0.1, -0.05) is 18.2 Å². The van der Waals surface area contributed by atoms with Crippen molar-refractivity contribution in [2.75, 3.05) is 26.4 Å². The van der Waals surface area contributed by atoms with Crippen LogP contribution in [0.3, 0.4) is 0 Å². The zero-order valence-electron chi connectivity index (χ0n) is 12.3. The van der Waals surface area contributed by atoms with Crippen molar-refractivity contribution in [3.63, 3.8) is 0 Å². The maximum absolute atomic E-state index is 12.3. The van der Waals surface area contributed by atoms with Gasteiger partial charge in [0, 0.05) is 6.54 Å². The number of aliphatic hydroxyl groups excluding tert-OH is 1. The molecule has 22 heavy (non-hydrogen) atoms. The van der Waals surface area contributed by atoms with Crippen molar-refractivity contribution in [3.05, 3.63) is 42.2 Å². The highest BCUT2D eigenvalue weighted by Crippen LogP contribution is 2.16. The Morgan fingerprint density at radius 1 is 1.27 bits per heavy atom. The van der Waals surface area contributed by atoms with Crippen LogP contribution in [0.5, 0.6) is 0 Å². The number of aliphatic hydroxyl groups is 1. The molecule has 2 N–H and O–H groups in total. The van der Waals surface area contributed by atoms with Crippen molar-refractivity contribution in [2.45, 2.75) is 11.8 Å². The van der Waals surface area contributed by atoms with Crippen LogP contribution in [0.25, 0.3) is 5.69 Å². The number of aryl methyl sites for hydroxylation is 1. The minimum atomic E-state index is -3.64. The highest BCUT2D eigenvalue weighted by molar-refractivity contribution is 7.89. The van der Waals surface area contributed by atoms with E-state index >= 15 is 0 Å². The van der Waals surface area contributed by atoms with E-state index in [1.165, 1.54) is 10.9 Å². The van der Waals surface area contributed by atoms with Crippen LogP contribution >= 0.6 is 0 Å². The largest absolute Gasteiger partial charge is 0.394 e. The summed E-state index contributed by atoms with van der Waals surface area (Å²) in [5.41, 5.74) is 1.21. The molecule has 0 amide bonds. The van der Waals surface area contributed by atoms with E-state index in [1.54, 1.807) is 6.92 Å². The quantitative estimate of drug-likeness (QED) is 0.688. The van der Waals surface area contributed by atoms with E-state index in [0.717, 1.165) is 5.69 Å². The summed E-state index contributed by atoms with van der Waals surface area (Å²) in [5, 5.41) is 12.8. The number of nitrogens with zero attached hydrogens (tertiary/aromatic N) is 2. The molecule has 8 heteroatoms. The number of nitrogens with one attached hydrogen (secondary N) is 1. The average molecular weight is 325 g/mol. The van der Waals surface area contributed by atoms with Gasteiger partial charge in [0.15, 0.2) is 0 Å². The molecule has 1 aromatic carbocycles. The second-order valence-electron chi connectivity index (χ2n) is 4.59. The molecule has 0 radical (unpaired) electrons. The van der Waals surface area contributed by atoms with Gasteiger partial charge >= 0.3 is 0 Å². The molecule has 0 fully saturated rings. The zero-order valence-corrected chi connectivity index (χ0v) is 13.1. The first-order chi connectivity index (χ1) is 10.5. The van der Waals surface area contributed by atoms with Crippen LogP contribution < -0.4 is 4.72 Å². The van der Waals surface area contributed by atoms with Gasteiger partial charge in [-0.25, -0.2) is 17.8 Å². The third-order valence-electron chi connectivity index (χ3n) is 2.94. The lowest BCUT2D eigenvalue weighted by Crippen LogP contribution is -2.28. The summed E-state index contributed by atoms with van der Waals surface area (Å²) in [6.07, 6.45) is 1.49. The molecule has 0 bridgehead atoms. The van der Waals surface area contributed by atoms with Crippen molar-refractivity contribution in [1.82, 2.24) is 14.5 Å². The standard InChI is InChI=1S/C14H19N3O4S/c1-12-14(22(19,20)15-7-9-21-10-8-18)11-17(16-12)13-5-3-2-4-6-13/h2-6,11,15,18H,7-10H2,1H3. The van der Waals surface area contributed by atoms with Gasteiger partial charge in [0.05, 0.1) is 37.4 Å². The van der Waals surface area contributed by atoms with Gasteiger partial charge in [-0.2, -0.15) is 5.10 Å². The lowest BCUT2D eigenvalue weighted by Gasteiger charge is -2.05. The van der Waals surface area contributed by atoms with Gasteiger partial charge in [0.1, 0.15) is 4.90 Å². The molecule has 120 valence electrons. The fourth-order valence-corrected chi connectivity index (χ4v) is 3.09. The Morgan fingerprint density at radius 3 is 2.68 bits per heavy atom. The average Bonchev–Trinajstić information content (AvgIpc) is 2.91. The monoisotopic (exact) mass is 325 g/mol. The van der Waals surface area contributed by atoms with Crippen molar-refractivity contribution in [1.29, 1.82) is 0 Å². The molecule has 0 unspecified atom stereocenters. The van der Waals surface area contributed by atoms with E-state index in [2.05, 4.69) is 9.82 Å². The Hall–Kier alpha value is -1.74. The Labute approximate surface area is 129 Å². The predicted octanol–water partition coefficient (Wildman–Crippen LogP) is 0.468. The van der Waals surface area contributed by atoms with E-state index in [-0.39, 0.29) is 31.3 Å². The van der Waals surface area contributed by atoms with Crippen molar-refractivity contribution >= 4 is 10.0 Å². The fourth-order valence-electron chi connectivity index (χ4n) is 1.91. The number of hydrogen-bond acceptors (Lipinski definition) is 5. The molecule has 0 saturated carbocycles. The van der Waals surface area contributed by atoms with Crippen LogP contribution in [0.2, 0.25) is 0 Å². The first-order valence-electron chi connectivity index (χ1n) is 6.84. The molecule has 1 aromatic heterocycles. The van der Waals surface area contributed by atoms with Gasteiger partial charge < -0.3 is 9.84 Å². The SMILES string of the molecule is Cc1nn(-c2ccccc2)cc1S(=O)(=O)NCCOCCO. The third-order valence-corrected chi connectivity index (χ3v) is 4.50. The molecular formula is C14H19N3O4S. The summed E-state index contributed by atoms with van der Waals surface area (Å²) in [5.74, 6) is 0. The van der Waals surface area contributed by atoms with Crippen LogP contribution in [0.15, 0.2) is 41.4 Å². The highest BCUT2D eigenvalue weighted by Gasteiger charge is 2.20. The van der Waals surface area contributed by atoms with Gasteiger partial charge in [0.25, 0.3) is 0 Å². The number of aromatic nitrogens is 2. The van der Waals surface area contributed by atoms with Crippen LogP contribution in [0, 0.1) is 6.92 Å². The lowest BCUT2D eigenvalue weighted by atomic mass is 10.3. The molecule has 2 aromatic rings. The normalized spacial score (nSPS) is 11.7. The first kappa shape index (κ1) is 16.6. The van der Waals surface area contributed by atoms with Crippen LogP contribution in [-0.2, 0) is 14.8 Å². The van der Waals surface area contributed by atoms with Gasteiger partial charge in [-0.15, -0.1) is 0 Å². The number of rotatable bonds is 8. The van der Waals surface area contributed by atoms with Gasteiger partial charge in [-0.05, 0) is 19.1 Å². The number of sulfonamides is 1. The Balaban J connectivity index is 2.10. The molecule has 0 aliphatic heterocycles. The topological polar surface area (TPSA) is 93.5 Å². The molecule has 0 aliphatic rings. The van der Waals surface area contributed by atoms with Crippen molar-refractivity contribution in [3.8, 4) is 5.69 Å². The Bertz CT molecular complexity index is 698. The molecule has 0 saturated heterocycles. The van der Waals surface area contributed by atoms with Crippen LogP contribution in [0.4, 0.5) is 0 Å². The van der Waals surface area contributed by atoms with E-state index in [1.807, 2.05) is 30.3 Å². The number of hydrogen-bond donors (Lipinski definition) is 2. The third kappa shape index (κ3) is 4.14. The second kappa shape index (κ2) is 7.50.